The zero-order chi connectivity index (χ0) is 15.3. The third-order valence-corrected chi connectivity index (χ3v) is 3.82. The number of aliphatic carboxylic acids is 1. The zero-order valence-corrected chi connectivity index (χ0v) is 12.9. The van der Waals surface area contributed by atoms with Crippen molar-refractivity contribution < 1.29 is 14.7 Å². The van der Waals surface area contributed by atoms with Crippen LogP contribution in [-0.2, 0) is 4.79 Å². The number of nitrogens with zero attached hydrogens (tertiary/aromatic N) is 1. The highest BCUT2D eigenvalue weighted by Crippen LogP contribution is 2.31. The van der Waals surface area contributed by atoms with E-state index < -0.39 is 17.9 Å². The van der Waals surface area contributed by atoms with Crippen molar-refractivity contribution in [2.45, 2.75) is 32.2 Å². The number of carboxylic acids is 1. The van der Waals surface area contributed by atoms with Gasteiger partial charge in [-0.2, -0.15) is 0 Å². The highest BCUT2D eigenvalue weighted by Gasteiger charge is 2.23. The van der Waals surface area contributed by atoms with E-state index in [4.69, 9.17) is 39.9 Å². The molecule has 0 saturated carbocycles. The van der Waals surface area contributed by atoms with Crippen molar-refractivity contribution in [3.05, 3.63) is 27.0 Å². The normalized spacial score (nSPS) is 12.0. The van der Waals surface area contributed by atoms with E-state index in [2.05, 4.69) is 10.3 Å². The molecule has 1 rings (SSSR count). The van der Waals surface area contributed by atoms with Crippen LogP contribution in [0.2, 0.25) is 15.1 Å². The fourth-order valence-electron chi connectivity index (χ4n) is 1.49. The van der Waals surface area contributed by atoms with E-state index in [-0.39, 0.29) is 20.8 Å². The highest BCUT2D eigenvalue weighted by atomic mass is 35.5. The molecule has 20 heavy (non-hydrogen) atoms. The van der Waals surface area contributed by atoms with Gasteiger partial charge in [-0.3, -0.25) is 4.79 Å². The van der Waals surface area contributed by atoms with Gasteiger partial charge in [0.1, 0.15) is 11.7 Å². The summed E-state index contributed by atoms with van der Waals surface area (Å²) < 4.78 is 0. The molecule has 1 aromatic rings. The third-order valence-electron chi connectivity index (χ3n) is 2.58. The first-order valence-electron chi connectivity index (χ1n) is 5.91. The van der Waals surface area contributed by atoms with Gasteiger partial charge in [-0.05, 0) is 6.42 Å². The van der Waals surface area contributed by atoms with Gasteiger partial charge in [0.25, 0.3) is 5.91 Å². The van der Waals surface area contributed by atoms with Gasteiger partial charge in [0.15, 0.2) is 0 Å². The fourth-order valence-corrected chi connectivity index (χ4v) is 2.06. The molecule has 1 heterocycles. The lowest BCUT2D eigenvalue weighted by molar-refractivity contribution is -0.139. The average Bonchev–Trinajstić information content (AvgIpc) is 2.40. The molecule has 1 unspecified atom stereocenters. The van der Waals surface area contributed by atoms with E-state index in [0.717, 1.165) is 6.42 Å². The minimum atomic E-state index is -1.11. The monoisotopic (exact) mass is 338 g/mol. The molecule has 0 aliphatic heterocycles. The number of carboxylic acid groups (broad SMARTS) is 1. The van der Waals surface area contributed by atoms with E-state index in [0.29, 0.717) is 12.8 Å². The minimum Gasteiger partial charge on any atom is -0.480 e. The zero-order valence-electron chi connectivity index (χ0n) is 10.6. The predicted molar refractivity (Wildman–Crippen MR) is 77.7 cm³/mol. The van der Waals surface area contributed by atoms with Gasteiger partial charge in [0, 0.05) is 6.20 Å². The topological polar surface area (TPSA) is 79.3 Å². The standard InChI is InChI=1S/C12H13Cl3N2O3/c1-2-3-4-7(12(19)20)17-11(18)10-9(15)8(14)6(13)5-16-10/h5,7H,2-4H2,1H3,(H,17,18)(H,19,20). The maximum absolute atomic E-state index is 12.0. The number of hydrogen-bond acceptors (Lipinski definition) is 3. The Morgan fingerprint density at radius 1 is 1.35 bits per heavy atom. The fraction of sp³-hybridized carbons (Fsp3) is 0.417. The lowest BCUT2D eigenvalue weighted by Gasteiger charge is -2.14. The second kappa shape index (κ2) is 7.67. The van der Waals surface area contributed by atoms with E-state index in [1.807, 2.05) is 6.92 Å². The first-order chi connectivity index (χ1) is 9.38. The molecule has 0 fully saturated rings. The van der Waals surface area contributed by atoms with Crippen molar-refractivity contribution in [2.24, 2.45) is 0 Å². The number of carbonyl (C=O) groups is 2. The number of carbonyl (C=O) groups excluding carboxylic acids is 1. The molecule has 0 aliphatic carbocycles. The number of hydrogen-bond donors (Lipinski definition) is 2. The van der Waals surface area contributed by atoms with Crippen LogP contribution in [0.4, 0.5) is 0 Å². The number of aromatic nitrogens is 1. The molecule has 110 valence electrons. The average molecular weight is 340 g/mol. The molecule has 8 heteroatoms. The number of nitrogens with one attached hydrogen (secondary N) is 1. The first-order valence-corrected chi connectivity index (χ1v) is 7.05. The Hall–Kier alpha value is -1.04. The lowest BCUT2D eigenvalue weighted by atomic mass is 10.1. The molecule has 5 nitrogen and oxygen atoms in total. The summed E-state index contributed by atoms with van der Waals surface area (Å²) >= 11 is 17.4. The number of rotatable bonds is 6. The van der Waals surface area contributed by atoms with Crippen LogP contribution >= 0.6 is 34.8 Å². The number of halogens is 3. The van der Waals surface area contributed by atoms with Crippen LogP contribution in [0.5, 0.6) is 0 Å². The van der Waals surface area contributed by atoms with Gasteiger partial charge in [-0.15, -0.1) is 0 Å². The molecule has 0 saturated heterocycles. The smallest absolute Gasteiger partial charge is 0.326 e. The van der Waals surface area contributed by atoms with E-state index in [9.17, 15) is 9.59 Å². The van der Waals surface area contributed by atoms with Gasteiger partial charge in [0.2, 0.25) is 0 Å². The van der Waals surface area contributed by atoms with E-state index >= 15 is 0 Å². The summed E-state index contributed by atoms with van der Waals surface area (Å²) in [6.45, 7) is 1.93. The Balaban J connectivity index is 2.89. The molecular formula is C12H13Cl3N2O3. The summed E-state index contributed by atoms with van der Waals surface area (Å²) in [5.41, 5.74) is -0.149. The molecule has 0 aliphatic rings. The van der Waals surface area contributed by atoms with Crippen molar-refractivity contribution in [3.63, 3.8) is 0 Å². The van der Waals surface area contributed by atoms with E-state index in [1.54, 1.807) is 0 Å². The van der Waals surface area contributed by atoms with Gasteiger partial charge >= 0.3 is 5.97 Å². The van der Waals surface area contributed by atoms with Gasteiger partial charge < -0.3 is 10.4 Å². The summed E-state index contributed by atoms with van der Waals surface area (Å²) in [4.78, 5) is 26.8. The maximum Gasteiger partial charge on any atom is 0.326 e. The molecule has 0 aromatic carbocycles. The van der Waals surface area contributed by atoms with Crippen molar-refractivity contribution >= 4 is 46.7 Å². The van der Waals surface area contributed by atoms with Crippen LogP contribution in [-0.4, -0.2) is 28.0 Å². The molecule has 1 amide bonds. The van der Waals surface area contributed by atoms with Crippen LogP contribution in [0.3, 0.4) is 0 Å². The number of pyridine rings is 1. The number of unbranched alkanes of at least 4 members (excludes halogenated alkanes) is 1. The van der Waals surface area contributed by atoms with Crippen LogP contribution in [0.25, 0.3) is 0 Å². The molecule has 0 radical (unpaired) electrons. The minimum absolute atomic E-state index is 0.00826. The Kier molecular flexibility index (Phi) is 6.52. The Morgan fingerprint density at radius 3 is 2.55 bits per heavy atom. The quantitative estimate of drug-likeness (QED) is 0.832. The second-order valence-corrected chi connectivity index (χ2v) is 5.25. The largest absolute Gasteiger partial charge is 0.480 e. The Morgan fingerprint density at radius 2 is 2.00 bits per heavy atom. The molecule has 0 bridgehead atoms. The molecule has 0 spiro atoms. The molecule has 1 aromatic heterocycles. The SMILES string of the molecule is CCCCC(NC(=O)c1ncc(Cl)c(Cl)c1Cl)C(=O)O. The first kappa shape index (κ1) is 17.0. The highest BCUT2D eigenvalue weighted by molar-refractivity contribution is 6.48. The van der Waals surface area contributed by atoms with Crippen molar-refractivity contribution in [1.82, 2.24) is 10.3 Å². The van der Waals surface area contributed by atoms with Crippen LogP contribution in [0.15, 0.2) is 6.20 Å². The third kappa shape index (κ3) is 4.23. The predicted octanol–water partition coefficient (Wildman–Crippen LogP) is 3.42. The van der Waals surface area contributed by atoms with E-state index in [1.165, 1.54) is 6.20 Å². The Labute approximate surface area is 131 Å². The lowest BCUT2D eigenvalue weighted by Crippen LogP contribution is -2.41. The van der Waals surface area contributed by atoms with Gasteiger partial charge in [-0.25, -0.2) is 9.78 Å². The number of amides is 1. The van der Waals surface area contributed by atoms with Crippen LogP contribution in [0, 0.1) is 0 Å². The molecule has 2 N–H and O–H groups in total. The summed E-state index contributed by atoms with van der Waals surface area (Å²) in [6, 6.07) is -0.991. The summed E-state index contributed by atoms with van der Waals surface area (Å²) in [7, 11) is 0. The van der Waals surface area contributed by atoms with Gasteiger partial charge in [-0.1, -0.05) is 54.6 Å². The van der Waals surface area contributed by atoms with Crippen molar-refractivity contribution in [3.8, 4) is 0 Å². The molecule has 1 atom stereocenters. The van der Waals surface area contributed by atoms with Crippen molar-refractivity contribution in [2.75, 3.05) is 0 Å². The maximum atomic E-state index is 12.0. The van der Waals surface area contributed by atoms with Crippen LogP contribution in [0.1, 0.15) is 36.7 Å². The Bertz CT molecular complexity index is 523. The summed E-state index contributed by atoms with van der Waals surface area (Å²) in [6.07, 6.45) is 3.02. The second-order valence-electron chi connectivity index (χ2n) is 4.09. The summed E-state index contributed by atoms with van der Waals surface area (Å²) in [5.74, 6) is -1.81. The summed E-state index contributed by atoms with van der Waals surface area (Å²) in [5, 5.41) is 11.4. The van der Waals surface area contributed by atoms with Crippen molar-refractivity contribution in [1.29, 1.82) is 0 Å². The molecular weight excluding hydrogens is 327 g/mol. The van der Waals surface area contributed by atoms with Crippen LogP contribution < -0.4 is 5.32 Å². The van der Waals surface area contributed by atoms with Gasteiger partial charge in [0.05, 0.1) is 15.1 Å².